The summed E-state index contributed by atoms with van der Waals surface area (Å²) in [6.45, 7) is 6.85. The molecule has 2 fully saturated rings. The molecule has 0 aromatic carbocycles. The van der Waals surface area contributed by atoms with Crippen LogP contribution >= 0.6 is 0 Å². The Balaban J connectivity index is 2.28. The zero-order valence-corrected chi connectivity index (χ0v) is 13.1. The van der Waals surface area contributed by atoms with Crippen molar-refractivity contribution in [1.82, 2.24) is 10.2 Å². The monoisotopic (exact) mass is 280 g/mol. The molecule has 1 saturated carbocycles. The Morgan fingerprint density at radius 3 is 2.45 bits per heavy atom. The smallest absolute Gasteiger partial charge is 0.246 e. The van der Waals surface area contributed by atoms with Gasteiger partial charge >= 0.3 is 0 Å². The highest BCUT2D eigenvalue weighted by molar-refractivity contribution is 6.00. The summed E-state index contributed by atoms with van der Waals surface area (Å²) < 4.78 is 0. The number of piperazine rings is 1. The number of amides is 2. The lowest BCUT2D eigenvalue weighted by Gasteiger charge is -2.50. The molecule has 0 aromatic rings. The van der Waals surface area contributed by atoms with Crippen molar-refractivity contribution >= 4 is 11.8 Å². The Hall–Kier alpha value is -1.06. The fourth-order valence-electron chi connectivity index (χ4n) is 3.56. The fourth-order valence-corrected chi connectivity index (χ4v) is 3.56. The molecule has 20 heavy (non-hydrogen) atoms. The van der Waals surface area contributed by atoms with E-state index in [-0.39, 0.29) is 23.8 Å². The zero-order valence-electron chi connectivity index (χ0n) is 13.1. The van der Waals surface area contributed by atoms with E-state index >= 15 is 0 Å². The van der Waals surface area contributed by atoms with E-state index in [0.29, 0.717) is 0 Å². The van der Waals surface area contributed by atoms with Gasteiger partial charge in [0.1, 0.15) is 11.6 Å². The van der Waals surface area contributed by atoms with E-state index in [1.165, 1.54) is 6.42 Å². The van der Waals surface area contributed by atoms with Gasteiger partial charge in [0.25, 0.3) is 0 Å². The summed E-state index contributed by atoms with van der Waals surface area (Å²) in [5.74, 6) is 0.373. The van der Waals surface area contributed by atoms with Crippen LogP contribution in [0.15, 0.2) is 0 Å². The van der Waals surface area contributed by atoms with Crippen molar-refractivity contribution in [2.24, 2.45) is 5.92 Å². The van der Waals surface area contributed by atoms with Gasteiger partial charge in [-0.15, -0.1) is 0 Å². The van der Waals surface area contributed by atoms with Crippen molar-refractivity contribution in [3.63, 3.8) is 0 Å². The number of hydrogen-bond acceptors (Lipinski definition) is 2. The highest BCUT2D eigenvalue weighted by atomic mass is 16.2. The summed E-state index contributed by atoms with van der Waals surface area (Å²) in [4.78, 5) is 27.4. The quantitative estimate of drug-likeness (QED) is 0.860. The van der Waals surface area contributed by atoms with Crippen molar-refractivity contribution in [3.05, 3.63) is 0 Å². The summed E-state index contributed by atoms with van der Waals surface area (Å²) in [7, 11) is 0. The molecule has 2 amide bonds. The maximum atomic E-state index is 12.8. The lowest BCUT2D eigenvalue weighted by molar-refractivity contribution is -0.161. The van der Waals surface area contributed by atoms with E-state index < -0.39 is 5.54 Å². The van der Waals surface area contributed by atoms with E-state index in [1.54, 1.807) is 0 Å². The number of nitrogens with one attached hydrogen (secondary N) is 1. The number of hydrogen-bond donors (Lipinski definition) is 1. The molecule has 2 aliphatic rings. The molecule has 1 unspecified atom stereocenters. The topological polar surface area (TPSA) is 49.4 Å². The van der Waals surface area contributed by atoms with E-state index in [4.69, 9.17) is 0 Å². The van der Waals surface area contributed by atoms with E-state index in [1.807, 2.05) is 18.7 Å². The van der Waals surface area contributed by atoms with Gasteiger partial charge in [0.15, 0.2) is 0 Å². The SMILES string of the molecule is CCCCN1C(=O)C(C(C)C)NC(=O)C12CCCCC2. The fraction of sp³-hybridized carbons (Fsp3) is 0.875. The van der Waals surface area contributed by atoms with Crippen LogP contribution in [0.2, 0.25) is 0 Å². The Morgan fingerprint density at radius 2 is 1.90 bits per heavy atom. The maximum absolute atomic E-state index is 12.8. The van der Waals surface area contributed by atoms with Gasteiger partial charge in [0, 0.05) is 6.54 Å². The van der Waals surface area contributed by atoms with Gasteiger partial charge in [0.2, 0.25) is 11.8 Å². The minimum Gasteiger partial charge on any atom is -0.342 e. The van der Waals surface area contributed by atoms with Crippen molar-refractivity contribution in [2.75, 3.05) is 6.54 Å². The third-order valence-electron chi connectivity index (χ3n) is 4.84. The summed E-state index contributed by atoms with van der Waals surface area (Å²) in [5.41, 5.74) is -0.546. The highest BCUT2D eigenvalue weighted by Crippen LogP contribution is 2.37. The van der Waals surface area contributed by atoms with Crippen LogP contribution in [0.5, 0.6) is 0 Å². The van der Waals surface area contributed by atoms with Crippen molar-refractivity contribution in [2.45, 2.75) is 77.3 Å². The van der Waals surface area contributed by atoms with Crippen molar-refractivity contribution < 1.29 is 9.59 Å². The Labute approximate surface area is 122 Å². The normalized spacial score (nSPS) is 26.2. The van der Waals surface area contributed by atoms with Gasteiger partial charge in [-0.3, -0.25) is 9.59 Å². The van der Waals surface area contributed by atoms with E-state index in [9.17, 15) is 9.59 Å². The summed E-state index contributed by atoms with van der Waals surface area (Å²) in [6.07, 6.45) is 6.97. The first-order chi connectivity index (χ1) is 9.53. The molecular weight excluding hydrogens is 252 g/mol. The largest absolute Gasteiger partial charge is 0.342 e. The molecule has 114 valence electrons. The zero-order chi connectivity index (χ0) is 14.8. The highest BCUT2D eigenvalue weighted by Gasteiger charge is 2.52. The summed E-state index contributed by atoms with van der Waals surface area (Å²) in [6, 6.07) is -0.341. The molecule has 4 heteroatoms. The second kappa shape index (κ2) is 6.15. The predicted octanol–water partition coefficient (Wildman–Crippen LogP) is 2.47. The van der Waals surface area contributed by atoms with Crippen LogP contribution in [0.25, 0.3) is 0 Å². The minimum atomic E-state index is -0.546. The molecule has 1 aliphatic carbocycles. The van der Waals surface area contributed by atoms with Gasteiger partial charge in [-0.05, 0) is 25.2 Å². The molecule has 1 spiro atoms. The van der Waals surface area contributed by atoms with Gasteiger partial charge < -0.3 is 10.2 Å². The van der Waals surface area contributed by atoms with Crippen LogP contribution in [-0.4, -0.2) is 34.8 Å². The molecule has 0 bridgehead atoms. The predicted molar refractivity (Wildman–Crippen MR) is 79.2 cm³/mol. The Bertz CT molecular complexity index is 373. The molecule has 1 saturated heterocycles. The standard InChI is InChI=1S/C16H28N2O2/c1-4-5-11-18-14(19)13(12(2)3)17-15(20)16(18)9-7-6-8-10-16/h12-13H,4-11H2,1-3H3,(H,17,20). The average Bonchev–Trinajstić information content (AvgIpc) is 2.44. The molecule has 0 radical (unpaired) electrons. The summed E-state index contributed by atoms with van der Waals surface area (Å²) >= 11 is 0. The molecular formula is C16H28N2O2. The van der Waals surface area contributed by atoms with Crippen LogP contribution in [0.1, 0.15) is 65.7 Å². The second-order valence-electron chi connectivity index (χ2n) is 6.63. The van der Waals surface area contributed by atoms with Crippen molar-refractivity contribution in [3.8, 4) is 0 Å². The maximum Gasteiger partial charge on any atom is 0.246 e. The van der Waals surface area contributed by atoms with E-state index in [0.717, 1.165) is 45.1 Å². The average molecular weight is 280 g/mol. The number of unbranched alkanes of at least 4 members (excludes halogenated alkanes) is 1. The Morgan fingerprint density at radius 1 is 1.25 bits per heavy atom. The lowest BCUT2D eigenvalue weighted by atomic mass is 9.76. The number of rotatable bonds is 4. The van der Waals surface area contributed by atoms with Crippen LogP contribution < -0.4 is 5.32 Å². The van der Waals surface area contributed by atoms with Gasteiger partial charge in [-0.25, -0.2) is 0 Å². The van der Waals surface area contributed by atoms with Crippen LogP contribution in [-0.2, 0) is 9.59 Å². The molecule has 1 N–H and O–H groups in total. The minimum absolute atomic E-state index is 0.0894. The molecule has 1 heterocycles. The first-order valence-electron chi connectivity index (χ1n) is 8.15. The first kappa shape index (κ1) is 15.3. The Kier molecular flexibility index (Phi) is 4.71. The second-order valence-corrected chi connectivity index (χ2v) is 6.63. The summed E-state index contributed by atoms with van der Waals surface area (Å²) in [5, 5.41) is 3.00. The van der Waals surface area contributed by atoms with Crippen LogP contribution in [0.4, 0.5) is 0 Å². The third-order valence-corrected chi connectivity index (χ3v) is 4.84. The third kappa shape index (κ3) is 2.57. The van der Waals surface area contributed by atoms with Crippen LogP contribution in [0.3, 0.4) is 0 Å². The first-order valence-corrected chi connectivity index (χ1v) is 8.15. The van der Waals surface area contributed by atoms with E-state index in [2.05, 4.69) is 12.2 Å². The van der Waals surface area contributed by atoms with Gasteiger partial charge in [0.05, 0.1) is 0 Å². The van der Waals surface area contributed by atoms with Crippen LogP contribution in [0, 0.1) is 5.92 Å². The number of nitrogens with zero attached hydrogens (tertiary/aromatic N) is 1. The molecule has 4 nitrogen and oxygen atoms in total. The van der Waals surface area contributed by atoms with Crippen molar-refractivity contribution in [1.29, 1.82) is 0 Å². The molecule has 1 atom stereocenters. The number of carbonyl (C=O) groups excluding carboxylic acids is 2. The lowest BCUT2D eigenvalue weighted by Crippen LogP contribution is -2.72. The van der Waals surface area contributed by atoms with Gasteiger partial charge in [-0.1, -0.05) is 46.5 Å². The molecule has 0 aromatic heterocycles. The molecule has 2 rings (SSSR count). The van der Waals surface area contributed by atoms with Gasteiger partial charge in [-0.2, -0.15) is 0 Å². The molecule has 1 aliphatic heterocycles. The number of carbonyl (C=O) groups is 2.